The van der Waals surface area contributed by atoms with Crippen molar-refractivity contribution >= 4 is 11.7 Å². The van der Waals surface area contributed by atoms with Crippen LogP contribution in [0.2, 0.25) is 0 Å². The van der Waals surface area contributed by atoms with Crippen LogP contribution in [-0.2, 0) is 9.47 Å². The fourth-order valence-electron chi connectivity index (χ4n) is 1.85. The standard InChI is InChI=1S/C15H25N3O3/c1-12(17-8-3-9-21-11-10-20-2)13-4-6-14(7-5-13)18-15(16)19/h4-7,12,17H,3,8-11H2,1-2H3,(H3,16,18,19). The molecule has 0 bridgehead atoms. The molecule has 0 saturated carbocycles. The largest absolute Gasteiger partial charge is 0.382 e. The number of rotatable bonds is 10. The van der Waals surface area contributed by atoms with Crippen LogP contribution in [0, 0.1) is 0 Å². The zero-order chi connectivity index (χ0) is 15.5. The smallest absolute Gasteiger partial charge is 0.316 e. The number of amides is 2. The average molecular weight is 295 g/mol. The molecular weight excluding hydrogens is 270 g/mol. The number of urea groups is 1. The van der Waals surface area contributed by atoms with Gasteiger partial charge in [0, 0.05) is 25.4 Å². The van der Waals surface area contributed by atoms with Gasteiger partial charge in [0.25, 0.3) is 0 Å². The fraction of sp³-hybridized carbons (Fsp3) is 0.533. The van der Waals surface area contributed by atoms with Crippen LogP contribution in [0.4, 0.5) is 10.5 Å². The van der Waals surface area contributed by atoms with Crippen LogP contribution in [0.5, 0.6) is 0 Å². The predicted molar refractivity (Wildman–Crippen MR) is 83.4 cm³/mol. The second-order valence-electron chi connectivity index (χ2n) is 4.75. The molecule has 1 rings (SSSR count). The third-order valence-electron chi connectivity index (χ3n) is 3.03. The number of benzene rings is 1. The van der Waals surface area contributed by atoms with Crippen LogP contribution in [0.25, 0.3) is 0 Å². The molecule has 0 aromatic heterocycles. The minimum Gasteiger partial charge on any atom is -0.382 e. The third kappa shape index (κ3) is 7.65. The van der Waals surface area contributed by atoms with Gasteiger partial charge < -0.3 is 25.8 Å². The first-order valence-corrected chi connectivity index (χ1v) is 7.10. The zero-order valence-corrected chi connectivity index (χ0v) is 12.7. The van der Waals surface area contributed by atoms with Gasteiger partial charge in [-0.1, -0.05) is 12.1 Å². The molecule has 0 aliphatic carbocycles. The number of carbonyl (C=O) groups excluding carboxylic acids is 1. The summed E-state index contributed by atoms with van der Waals surface area (Å²) in [5.41, 5.74) is 6.92. The lowest BCUT2D eigenvalue weighted by atomic mass is 10.1. The van der Waals surface area contributed by atoms with E-state index in [-0.39, 0.29) is 6.04 Å². The van der Waals surface area contributed by atoms with Gasteiger partial charge in [-0.25, -0.2) is 4.79 Å². The second kappa shape index (κ2) is 10.1. The number of primary amides is 1. The van der Waals surface area contributed by atoms with Crippen molar-refractivity contribution in [1.82, 2.24) is 5.32 Å². The highest BCUT2D eigenvalue weighted by Crippen LogP contribution is 2.15. The lowest BCUT2D eigenvalue weighted by Gasteiger charge is -2.15. The first-order chi connectivity index (χ1) is 10.1. The first kappa shape index (κ1) is 17.4. The molecule has 4 N–H and O–H groups in total. The minimum absolute atomic E-state index is 0.242. The van der Waals surface area contributed by atoms with Crippen molar-refractivity contribution in [2.45, 2.75) is 19.4 Å². The zero-order valence-electron chi connectivity index (χ0n) is 12.7. The van der Waals surface area contributed by atoms with Crippen molar-refractivity contribution in [3.63, 3.8) is 0 Å². The summed E-state index contributed by atoms with van der Waals surface area (Å²) >= 11 is 0. The van der Waals surface area contributed by atoms with Crippen molar-refractivity contribution in [1.29, 1.82) is 0 Å². The van der Waals surface area contributed by atoms with Gasteiger partial charge in [0.05, 0.1) is 13.2 Å². The summed E-state index contributed by atoms with van der Waals surface area (Å²) in [6.07, 6.45) is 0.954. The number of carbonyl (C=O) groups is 1. The van der Waals surface area contributed by atoms with Gasteiger partial charge >= 0.3 is 6.03 Å². The Morgan fingerprint density at radius 2 is 1.95 bits per heavy atom. The lowest BCUT2D eigenvalue weighted by molar-refractivity contribution is 0.0693. The highest BCUT2D eigenvalue weighted by Gasteiger charge is 2.04. The van der Waals surface area contributed by atoms with Crippen LogP contribution in [-0.4, -0.2) is 39.5 Å². The summed E-state index contributed by atoms with van der Waals surface area (Å²) < 4.78 is 10.3. The predicted octanol–water partition coefficient (Wildman–Crippen LogP) is 1.88. The molecule has 0 spiro atoms. The van der Waals surface area contributed by atoms with Gasteiger partial charge in [0.15, 0.2) is 0 Å². The Hall–Kier alpha value is -1.63. The Bertz CT molecular complexity index is 409. The van der Waals surface area contributed by atoms with Gasteiger partial charge in [-0.3, -0.25) is 0 Å². The molecule has 0 radical (unpaired) electrons. The third-order valence-corrected chi connectivity index (χ3v) is 3.03. The lowest BCUT2D eigenvalue weighted by Crippen LogP contribution is -2.21. The molecule has 118 valence electrons. The fourth-order valence-corrected chi connectivity index (χ4v) is 1.85. The van der Waals surface area contributed by atoms with E-state index in [4.69, 9.17) is 15.2 Å². The maximum Gasteiger partial charge on any atom is 0.316 e. The van der Waals surface area contributed by atoms with E-state index in [1.165, 1.54) is 0 Å². The van der Waals surface area contributed by atoms with Crippen molar-refractivity contribution in [3.8, 4) is 0 Å². The van der Waals surface area contributed by atoms with Crippen LogP contribution < -0.4 is 16.4 Å². The number of nitrogens with one attached hydrogen (secondary N) is 2. The summed E-state index contributed by atoms with van der Waals surface area (Å²) in [6.45, 7) is 4.98. The van der Waals surface area contributed by atoms with Gasteiger partial charge in [-0.05, 0) is 37.6 Å². The number of hydrogen-bond donors (Lipinski definition) is 3. The van der Waals surface area contributed by atoms with Crippen molar-refractivity contribution in [2.75, 3.05) is 38.8 Å². The quantitative estimate of drug-likeness (QED) is 0.575. The van der Waals surface area contributed by atoms with Gasteiger partial charge in [0.2, 0.25) is 0 Å². The Balaban J connectivity index is 2.22. The van der Waals surface area contributed by atoms with E-state index < -0.39 is 6.03 Å². The second-order valence-corrected chi connectivity index (χ2v) is 4.75. The van der Waals surface area contributed by atoms with E-state index >= 15 is 0 Å². The SMILES string of the molecule is COCCOCCCNC(C)c1ccc(NC(N)=O)cc1. The maximum absolute atomic E-state index is 10.7. The highest BCUT2D eigenvalue weighted by molar-refractivity contribution is 5.87. The molecule has 0 fully saturated rings. The molecule has 2 amide bonds. The Morgan fingerprint density at radius 3 is 2.57 bits per heavy atom. The number of hydrogen-bond acceptors (Lipinski definition) is 4. The number of methoxy groups -OCH3 is 1. The molecule has 21 heavy (non-hydrogen) atoms. The van der Waals surface area contributed by atoms with Crippen LogP contribution in [0.15, 0.2) is 24.3 Å². The molecule has 1 atom stereocenters. The summed E-state index contributed by atoms with van der Waals surface area (Å²) in [4.78, 5) is 10.7. The molecular formula is C15H25N3O3. The Labute approximate surface area is 126 Å². The van der Waals surface area contributed by atoms with Crippen molar-refractivity contribution in [2.24, 2.45) is 5.73 Å². The van der Waals surface area contributed by atoms with E-state index in [2.05, 4.69) is 17.6 Å². The van der Waals surface area contributed by atoms with Gasteiger partial charge in [-0.2, -0.15) is 0 Å². The molecule has 0 heterocycles. The van der Waals surface area contributed by atoms with Crippen LogP contribution in [0.1, 0.15) is 24.9 Å². The minimum atomic E-state index is -0.553. The maximum atomic E-state index is 10.7. The molecule has 0 aliphatic rings. The molecule has 6 nitrogen and oxygen atoms in total. The molecule has 1 aromatic carbocycles. The van der Waals surface area contributed by atoms with Crippen molar-refractivity contribution in [3.05, 3.63) is 29.8 Å². The normalized spacial score (nSPS) is 12.1. The molecule has 1 unspecified atom stereocenters. The van der Waals surface area contributed by atoms with Crippen LogP contribution >= 0.6 is 0 Å². The monoisotopic (exact) mass is 295 g/mol. The summed E-state index contributed by atoms with van der Waals surface area (Å²) in [7, 11) is 1.66. The number of ether oxygens (including phenoxy) is 2. The highest BCUT2D eigenvalue weighted by atomic mass is 16.5. The first-order valence-electron chi connectivity index (χ1n) is 7.10. The molecule has 0 saturated heterocycles. The van der Waals surface area contributed by atoms with E-state index in [9.17, 15) is 4.79 Å². The molecule has 0 aliphatic heterocycles. The van der Waals surface area contributed by atoms with Crippen LogP contribution in [0.3, 0.4) is 0 Å². The topological polar surface area (TPSA) is 85.6 Å². The molecule has 6 heteroatoms. The van der Waals surface area contributed by atoms with E-state index in [0.29, 0.717) is 18.9 Å². The van der Waals surface area contributed by atoms with Gasteiger partial charge in [-0.15, -0.1) is 0 Å². The summed E-state index contributed by atoms with van der Waals surface area (Å²) in [5, 5.41) is 5.97. The summed E-state index contributed by atoms with van der Waals surface area (Å²) in [6, 6.07) is 7.31. The average Bonchev–Trinajstić information content (AvgIpc) is 2.46. The molecule has 1 aromatic rings. The van der Waals surface area contributed by atoms with Crippen molar-refractivity contribution < 1.29 is 14.3 Å². The Morgan fingerprint density at radius 1 is 1.24 bits per heavy atom. The number of anilines is 1. The summed E-state index contributed by atoms with van der Waals surface area (Å²) in [5.74, 6) is 0. The number of nitrogens with two attached hydrogens (primary N) is 1. The van der Waals surface area contributed by atoms with Gasteiger partial charge in [0.1, 0.15) is 0 Å². The van der Waals surface area contributed by atoms with E-state index in [1.807, 2.05) is 24.3 Å². The van der Waals surface area contributed by atoms with E-state index in [1.54, 1.807) is 7.11 Å². The Kier molecular flexibility index (Phi) is 8.42. The van der Waals surface area contributed by atoms with E-state index in [0.717, 1.165) is 25.1 Å².